The molecule has 0 aliphatic carbocycles. The van der Waals surface area contributed by atoms with Crippen molar-refractivity contribution < 1.29 is 9.53 Å². The van der Waals surface area contributed by atoms with E-state index in [4.69, 9.17) is 9.72 Å². The molecule has 4 aromatic rings. The Morgan fingerprint density at radius 1 is 1.11 bits per heavy atom. The number of ether oxygens (including phenoxy) is 1. The molecule has 4 heterocycles. The zero-order valence-electron chi connectivity index (χ0n) is 19.6. The standard InChI is InChI=1S/C26H27N7O2/c1-2-3-17-13-20(5-7-22(17)32-8-10-35-11-9-32)31-24-25-29-16-30-33(25)23(15-27-24)18-4-6-21-19(12-18)14-28-26(21)34/h4-7,12-13,15-16H,2-3,8-11,14H2,1H3,(H,27,31)(H,28,34). The van der Waals surface area contributed by atoms with Crippen LogP contribution in [-0.2, 0) is 17.7 Å². The van der Waals surface area contributed by atoms with Gasteiger partial charge >= 0.3 is 0 Å². The average molecular weight is 470 g/mol. The second-order valence-corrected chi connectivity index (χ2v) is 8.86. The number of anilines is 3. The SMILES string of the molecule is CCCc1cc(Nc2ncc(-c3ccc4c(c3)CNC4=O)n3ncnc23)ccc1N1CCOCC1. The van der Waals surface area contributed by atoms with Crippen molar-refractivity contribution in [3.63, 3.8) is 0 Å². The highest BCUT2D eigenvalue weighted by atomic mass is 16.5. The Balaban J connectivity index is 1.32. The minimum atomic E-state index is -0.0304. The van der Waals surface area contributed by atoms with Crippen molar-refractivity contribution in [2.75, 3.05) is 36.5 Å². The van der Waals surface area contributed by atoms with Crippen LogP contribution in [0.15, 0.2) is 48.9 Å². The Kier molecular flexibility index (Phi) is 5.54. The van der Waals surface area contributed by atoms with Crippen LogP contribution in [-0.4, -0.2) is 51.8 Å². The fraction of sp³-hybridized carbons (Fsp3) is 0.308. The third-order valence-electron chi connectivity index (χ3n) is 6.60. The zero-order valence-corrected chi connectivity index (χ0v) is 19.6. The van der Waals surface area contributed by atoms with Crippen LogP contribution in [0.2, 0.25) is 0 Å². The molecule has 2 N–H and O–H groups in total. The molecule has 6 rings (SSSR count). The summed E-state index contributed by atoms with van der Waals surface area (Å²) in [5.41, 5.74) is 7.67. The number of carbonyl (C=O) groups is 1. The molecule has 35 heavy (non-hydrogen) atoms. The van der Waals surface area contributed by atoms with Crippen LogP contribution in [0.1, 0.15) is 34.8 Å². The zero-order chi connectivity index (χ0) is 23.8. The predicted molar refractivity (Wildman–Crippen MR) is 134 cm³/mol. The van der Waals surface area contributed by atoms with Gasteiger partial charge in [-0.05, 0) is 47.9 Å². The number of hydrogen-bond donors (Lipinski definition) is 2. The molecule has 2 aliphatic heterocycles. The Morgan fingerprint density at radius 2 is 2.00 bits per heavy atom. The van der Waals surface area contributed by atoms with Gasteiger partial charge in [-0.2, -0.15) is 5.10 Å². The summed E-state index contributed by atoms with van der Waals surface area (Å²) >= 11 is 0. The molecule has 2 aromatic heterocycles. The molecule has 0 atom stereocenters. The summed E-state index contributed by atoms with van der Waals surface area (Å²) < 4.78 is 7.32. The lowest BCUT2D eigenvalue weighted by atomic mass is 10.0. The minimum Gasteiger partial charge on any atom is -0.378 e. The van der Waals surface area contributed by atoms with Gasteiger partial charge < -0.3 is 20.3 Å². The van der Waals surface area contributed by atoms with E-state index in [0.717, 1.165) is 67.2 Å². The second-order valence-electron chi connectivity index (χ2n) is 8.86. The Hall–Kier alpha value is -3.98. The van der Waals surface area contributed by atoms with Crippen molar-refractivity contribution in [1.29, 1.82) is 0 Å². The van der Waals surface area contributed by atoms with E-state index in [1.54, 1.807) is 10.7 Å². The van der Waals surface area contributed by atoms with Crippen LogP contribution in [0, 0.1) is 0 Å². The lowest BCUT2D eigenvalue weighted by Gasteiger charge is -2.31. The maximum absolute atomic E-state index is 11.9. The first kappa shape index (κ1) is 21.5. The molecule has 0 radical (unpaired) electrons. The van der Waals surface area contributed by atoms with E-state index in [2.05, 4.69) is 50.7 Å². The molecular weight excluding hydrogens is 442 g/mol. The highest BCUT2D eigenvalue weighted by Crippen LogP contribution is 2.30. The normalized spacial score (nSPS) is 15.3. The summed E-state index contributed by atoms with van der Waals surface area (Å²) in [7, 11) is 0. The van der Waals surface area contributed by atoms with E-state index >= 15 is 0 Å². The second kappa shape index (κ2) is 8.99. The number of nitrogens with one attached hydrogen (secondary N) is 2. The van der Waals surface area contributed by atoms with E-state index in [1.807, 2.05) is 18.2 Å². The monoisotopic (exact) mass is 469 g/mol. The lowest BCUT2D eigenvalue weighted by molar-refractivity contribution is 0.0965. The topological polar surface area (TPSA) is 96.7 Å². The molecule has 0 unspecified atom stereocenters. The van der Waals surface area contributed by atoms with E-state index in [1.165, 1.54) is 17.6 Å². The number of fused-ring (bicyclic) bond motifs is 2. The number of benzene rings is 2. The average Bonchev–Trinajstić information content (AvgIpc) is 3.53. The molecule has 1 amide bonds. The third kappa shape index (κ3) is 3.97. The molecule has 0 saturated carbocycles. The van der Waals surface area contributed by atoms with Crippen LogP contribution in [0.5, 0.6) is 0 Å². The summed E-state index contributed by atoms with van der Waals surface area (Å²) in [6, 6.07) is 12.3. The number of amides is 1. The van der Waals surface area contributed by atoms with Crippen LogP contribution < -0.4 is 15.5 Å². The molecule has 9 nitrogen and oxygen atoms in total. The van der Waals surface area contributed by atoms with Crippen molar-refractivity contribution in [2.24, 2.45) is 0 Å². The van der Waals surface area contributed by atoms with Gasteiger partial charge in [0.1, 0.15) is 6.33 Å². The molecule has 2 aromatic carbocycles. The number of nitrogens with zero attached hydrogens (tertiary/aromatic N) is 5. The van der Waals surface area contributed by atoms with Gasteiger partial charge in [-0.25, -0.2) is 14.5 Å². The first-order chi connectivity index (χ1) is 17.2. The van der Waals surface area contributed by atoms with Crippen molar-refractivity contribution in [2.45, 2.75) is 26.3 Å². The fourth-order valence-electron chi connectivity index (χ4n) is 4.88. The maximum atomic E-state index is 11.9. The van der Waals surface area contributed by atoms with Crippen molar-refractivity contribution in [1.82, 2.24) is 24.9 Å². The minimum absolute atomic E-state index is 0.0304. The van der Waals surface area contributed by atoms with Gasteiger partial charge in [-0.3, -0.25) is 4.79 Å². The predicted octanol–water partition coefficient (Wildman–Crippen LogP) is 3.57. The lowest BCUT2D eigenvalue weighted by Crippen LogP contribution is -2.36. The van der Waals surface area contributed by atoms with Crippen LogP contribution in [0.25, 0.3) is 16.9 Å². The van der Waals surface area contributed by atoms with Crippen molar-refractivity contribution in [3.8, 4) is 11.3 Å². The largest absolute Gasteiger partial charge is 0.378 e. The first-order valence-electron chi connectivity index (χ1n) is 12.0. The van der Waals surface area contributed by atoms with E-state index in [0.29, 0.717) is 18.0 Å². The number of aryl methyl sites for hydroxylation is 1. The first-order valence-corrected chi connectivity index (χ1v) is 12.0. The Labute approximate surface area is 203 Å². The molecule has 1 saturated heterocycles. The van der Waals surface area contributed by atoms with Crippen LogP contribution >= 0.6 is 0 Å². The fourth-order valence-corrected chi connectivity index (χ4v) is 4.88. The third-order valence-corrected chi connectivity index (χ3v) is 6.60. The van der Waals surface area contributed by atoms with Crippen molar-refractivity contribution >= 4 is 28.7 Å². The summed E-state index contributed by atoms with van der Waals surface area (Å²) in [4.78, 5) is 23.5. The number of morpholine rings is 1. The van der Waals surface area contributed by atoms with Crippen LogP contribution in [0.4, 0.5) is 17.2 Å². The highest BCUT2D eigenvalue weighted by molar-refractivity contribution is 5.98. The van der Waals surface area contributed by atoms with Gasteiger partial charge in [0.05, 0.1) is 25.1 Å². The van der Waals surface area contributed by atoms with Gasteiger partial charge in [-0.15, -0.1) is 0 Å². The van der Waals surface area contributed by atoms with Gasteiger partial charge in [0.2, 0.25) is 0 Å². The highest BCUT2D eigenvalue weighted by Gasteiger charge is 2.21. The maximum Gasteiger partial charge on any atom is 0.251 e. The van der Waals surface area contributed by atoms with Gasteiger partial charge in [0, 0.05) is 42.1 Å². The Bertz CT molecular complexity index is 1410. The van der Waals surface area contributed by atoms with Gasteiger partial charge in [0.25, 0.3) is 5.91 Å². The molecule has 9 heteroatoms. The molecule has 1 fully saturated rings. The smallest absolute Gasteiger partial charge is 0.251 e. The molecule has 2 aliphatic rings. The molecule has 178 valence electrons. The Morgan fingerprint density at radius 3 is 2.86 bits per heavy atom. The summed E-state index contributed by atoms with van der Waals surface area (Å²) in [5, 5.41) is 10.8. The number of hydrogen-bond acceptors (Lipinski definition) is 7. The van der Waals surface area contributed by atoms with Gasteiger partial charge in [-0.1, -0.05) is 19.4 Å². The summed E-state index contributed by atoms with van der Waals surface area (Å²) in [6.45, 7) is 6.11. The van der Waals surface area contributed by atoms with E-state index in [-0.39, 0.29) is 5.91 Å². The number of rotatable bonds is 6. The molecule has 0 bridgehead atoms. The van der Waals surface area contributed by atoms with Gasteiger partial charge in [0.15, 0.2) is 11.5 Å². The van der Waals surface area contributed by atoms with Crippen LogP contribution in [0.3, 0.4) is 0 Å². The number of carbonyl (C=O) groups excluding carboxylic acids is 1. The van der Waals surface area contributed by atoms with E-state index in [9.17, 15) is 4.79 Å². The molecule has 0 spiro atoms. The number of aromatic nitrogens is 4. The molecular formula is C26H27N7O2. The van der Waals surface area contributed by atoms with E-state index < -0.39 is 0 Å². The quantitative estimate of drug-likeness (QED) is 0.446. The summed E-state index contributed by atoms with van der Waals surface area (Å²) in [5.74, 6) is 0.614. The summed E-state index contributed by atoms with van der Waals surface area (Å²) in [6.07, 6.45) is 5.41. The van der Waals surface area contributed by atoms with Crippen molar-refractivity contribution in [3.05, 3.63) is 65.6 Å².